The maximum absolute atomic E-state index is 11.5. The molecule has 0 aliphatic heterocycles. The van der Waals surface area contributed by atoms with Crippen LogP contribution in [0.15, 0.2) is 24.3 Å². The predicted octanol–water partition coefficient (Wildman–Crippen LogP) is 2.37. The minimum Gasteiger partial charge on any atom is -0.378 e. The third-order valence-corrected chi connectivity index (χ3v) is 3.36. The van der Waals surface area contributed by atoms with Crippen LogP contribution in [0.5, 0.6) is 0 Å². The number of hydrogen-bond donors (Lipinski definition) is 0. The number of carbonyl (C=O) groups excluding carboxylic acids is 1. The SMILES string of the molecule is CC(=O)C1(c2ccc(N(C)C)cc2)CC1. The van der Waals surface area contributed by atoms with E-state index in [-0.39, 0.29) is 5.41 Å². The van der Waals surface area contributed by atoms with Crippen molar-refractivity contribution in [3.8, 4) is 0 Å². The quantitative estimate of drug-likeness (QED) is 0.751. The van der Waals surface area contributed by atoms with Gasteiger partial charge in [0.15, 0.2) is 0 Å². The summed E-state index contributed by atoms with van der Waals surface area (Å²) in [5.41, 5.74) is 2.23. The van der Waals surface area contributed by atoms with Crippen molar-refractivity contribution < 1.29 is 4.79 Å². The fourth-order valence-corrected chi connectivity index (χ4v) is 2.05. The third-order valence-electron chi connectivity index (χ3n) is 3.36. The van der Waals surface area contributed by atoms with Crippen molar-refractivity contribution >= 4 is 11.5 Å². The average molecular weight is 203 g/mol. The van der Waals surface area contributed by atoms with Gasteiger partial charge in [-0.3, -0.25) is 4.79 Å². The summed E-state index contributed by atoms with van der Waals surface area (Å²) in [7, 11) is 4.04. The van der Waals surface area contributed by atoms with Crippen LogP contribution in [-0.4, -0.2) is 19.9 Å². The first kappa shape index (κ1) is 10.2. The molecule has 0 atom stereocenters. The van der Waals surface area contributed by atoms with Crippen LogP contribution in [0.25, 0.3) is 0 Å². The van der Waals surface area contributed by atoms with Crippen LogP contribution in [0.4, 0.5) is 5.69 Å². The van der Waals surface area contributed by atoms with Crippen LogP contribution < -0.4 is 4.90 Å². The maximum atomic E-state index is 11.5. The van der Waals surface area contributed by atoms with Gasteiger partial charge in [0.1, 0.15) is 5.78 Å². The molecule has 1 aliphatic carbocycles. The van der Waals surface area contributed by atoms with E-state index in [1.54, 1.807) is 6.92 Å². The lowest BCUT2D eigenvalue weighted by atomic mass is 9.92. The zero-order chi connectivity index (χ0) is 11.1. The molecule has 1 aromatic rings. The number of Topliss-reactive ketones (excluding diaryl/α,β-unsaturated/α-hetero) is 1. The summed E-state index contributed by atoms with van der Waals surface area (Å²) in [6, 6.07) is 8.34. The predicted molar refractivity (Wildman–Crippen MR) is 62.4 cm³/mol. The molecular weight excluding hydrogens is 186 g/mol. The summed E-state index contributed by atoms with van der Waals surface area (Å²) in [5.74, 6) is 0.306. The van der Waals surface area contributed by atoms with Gasteiger partial charge in [-0.25, -0.2) is 0 Å². The van der Waals surface area contributed by atoms with Crippen LogP contribution in [0.1, 0.15) is 25.3 Å². The average Bonchev–Trinajstić information content (AvgIpc) is 2.98. The first-order chi connectivity index (χ1) is 7.06. The van der Waals surface area contributed by atoms with Crippen molar-refractivity contribution in [2.45, 2.75) is 25.2 Å². The van der Waals surface area contributed by atoms with E-state index in [2.05, 4.69) is 29.2 Å². The van der Waals surface area contributed by atoms with Crippen molar-refractivity contribution in [3.05, 3.63) is 29.8 Å². The fraction of sp³-hybridized carbons (Fsp3) is 0.462. The minimum atomic E-state index is -0.134. The molecule has 2 nitrogen and oxygen atoms in total. The molecule has 0 N–H and O–H groups in total. The molecule has 0 bridgehead atoms. The van der Waals surface area contributed by atoms with Gasteiger partial charge in [0.2, 0.25) is 0 Å². The van der Waals surface area contributed by atoms with Crippen molar-refractivity contribution in [1.82, 2.24) is 0 Å². The maximum Gasteiger partial charge on any atom is 0.140 e. The van der Waals surface area contributed by atoms with E-state index in [1.165, 1.54) is 11.3 Å². The molecule has 2 rings (SSSR count). The van der Waals surface area contributed by atoms with Crippen LogP contribution in [0, 0.1) is 0 Å². The molecule has 0 aromatic heterocycles. The van der Waals surface area contributed by atoms with Crippen LogP contribution in [0.3, 0.4) is 0 Å². The van der Waals surface area contributed by atoms with Crippen LogP contribution >= 0.6 is 0 Å². The topological polar surface area (TPSA) is 20.3 Å². The van der Waals surface area contributed by atoms with Crippen molar-refractivity contribution in [2.75, 3.05) is 19.0 Å². The Kier molecular flexibility index (Phi) is 2.29. The number of nitrogens with zero attached hydrogens (tertiary/aromatic N) is 1. The number of benzene rings is 1. The van der Waals surface area contributed by atoms with Gasteiger partial charge < -0.3 is 4.90 Å². The Bertz CT molecular complexity index is 374. The van der Waals surface area contributed by atoms with Gasteiger partial charge in [-0.1, -0.05) is 12.1 Å². The number of carbonyl (C=O) groups is 1. The highest BCUT2D eigenvalue weighted by atomic mass is 16.1. The van der Waals surface area contributed by atoms with Gasteiger partial charge in [-0.05, 0) is 37.5 Å². The molecule has 0 amide bonds. The molecule has 2 heteroatoms. The minimum absolute atomic E-state index is 0.134. The van der Waals surface area contributed by atoms with Crippen LogP contribution in [0.2, 0.25) is 0 Å². The first-order valence-electron chi connectivity index (χ1n) is 5.35. The monoisotopic (exact) mass is 203 g/mol. The molecule has 0 heterocycles. The Hall–Kier alpha value is -1.31. The summed E-state index contributed by atoms with van der Waals surface area (Å²) in [6.07, 6.45) is 2.04. The third kappa shape index (κ3) is 1.65. The molecule has 0 radical (unpaired) electrons. The Morgan fingerprint density at radius 2 is 1.73 bits per heavy atom. The summed E-state index contributed by atoms with van der Waals surface area (Å²) < 4.78 is 0. The Labute approximate surface area is 90.9 Å². The molecule has 0 unspecified atom stereocenters. The largest absolute Gasteiger partial charge is 0.378 e. The molecule has 1 fully saturated rings. The van der Waals surface area contributed by atoms with Gasteiger partial charge in [-0.15, -0.1) is 0 Å². The van der Waals surface area contributed by atoms with E-state index in [9.17, 15) is 4.79 Å². The summed E-state index contributed by atoms with van der Waals surface area (Å²) in [5, 5.41) is 0. The number of rotatable bonds is 3. The number of anilines is 1. The second kappa shape index (κ2) is 3.37. The molecular formula is C13H17NO. The highest BCUT2D eigenvalue weighted by Gasteiger charge is 2.48. The summed E-state index contributed by atoms with van der Waals surface area (Å²) in [4.78, 5) is 13.6. The smallest absolute Gasteiger partial charge is 0.140 e. The Morgan fingerprint density at radius 1 is 1.20 bits per heavy atom. The van der Waals surface area contributed by atoms with E-state index >= 15 is 0 Å². The van der Waals surface area contributed by atoms with E-state index < -0.39 is 0 Å². The van der Waals surface area contributed by atoms with Gasteiger partial charge in [-0.2, -0.15) is 0 Å². The molecule has 15 heavy (non-hydrogen) atoms. The van der Waals surface area contributed by atoms with Gasteiger partial charge in [0, 0.05) is 19.8 Å². The summed E-state index contributed by atoms with van der Waals surface area (Å²) >= 11 is 0. The van der Waals surface area contributed by atoms with E-state index in [0.29, 0.717) is 5.78 Å². The summed E-state index contributed by atoms with van der Waals surface area (Å²) in [6.45, 7) is 1.70. The second-order valence-electron chi connectivity index (χ2n) is 4.58. The van der Waals surface area contributed by atoms with Crippen molar-refractivity contribution in [2.24, 2.45) is 0 Å². The molecule has 1 saturated carbocycles. The van der Waals surface area contributed by atoms with Crippen LogP contribution in [-0.2, 0) is 10.2 Å². The lowest BCUT2D eigenvalue weighted by Gasteiger charge is -2.15. The Balaban J connectivity index is 2.28. The van der Waals surface area contributed by atoms with Crippen molar-refractivity contribution in [3.63, 3.8) is 0 Å². The highest BCUT2D eigenvalue weighted by molar-refractivity contribution is 5.91. The van der Waals surface area contributed by atoms with Crippen molar-refractivity contribution in [1.29, 1.82) is 0 Å². The highest BCUT2D eigenvalue weighted by Crippen LogP contribution is 2.49. The lowest BCUT2D eigenvalue weighted by molar-refractivity contribution is -0.119. The van der Waals surface area contributed by atoms with E-state index in [1.807, 2.05) is 14.1 Å². The zero-order valence-corrected chi connectivity index (χ0v) is 9.58. The van der Waals surface area contributed by atoms with E-state index in [0.717, 1.165) is 12.8 Å². The molecule has 1 aromatic carbocycles. The standard InChI is InChI=1S/C13H17NO/c1-10(15)13(8-9-13)11-4-6-12(7-5-11)14(2)3/h4-7H,8-9H2,1-3H3. The normalized spacial score (nSPS) is 17.3. The molecule has 0 spiro atoms. The van der Waals surface area contributed by atoms with Gasteiger partial charge in [0.25, 0.3) is 0 Å². The fourth-order valence-electron chi connectivity index (χ4n) is 2.05. The molecule has 0 saturated heterocycles. The molecule has 1 aliphatic rings. The second-order valence-corrected chi connectivity index (χ2v) is 4.58. The molecule has 80 valence electrons. The lowest BCUT2D eigenvalue weighted by Crippen LogP contribution is -2.17. The van der Waals surface area contributed by atoms with Gasteiger partial charge >= 0.3 is 0 Å². The van der Waals surface area contributed by atoms with E-state index in [4.69, 9.17) is 0 Å². The number of hydrogen-bond acceptors (Lipinski definition) is 2. The number of ketones is 1. The first-order valence-corrected chi connectivity index (χ1v) is 5.35. The zero-order valence-electron chi connectivity index (χ0n) is 9.58. The Morgan fingerprint density at radius 3 is 2.07 bits per heavy atom. The van der Waals surface area contributed by atoms with Gasteiger partial charge in [0.05, 0.1) is 5.41 Å².